The molecular weight excluding hydrogens is 316 g/mol. The molecule has 0 bridgehead atoms. The molecule has 2 atom stereocenters. The van der Waals surface area contributed by atoms with Crippen LogP contribution in [0.15, 0.2) is 12.2 Å². The molecule has 25 heavy (non-hydrogen) atoms. The predicted octanol–water partition coefficient (Wildman–Crippen LogP) is 4.73. The lowest BCUT2D eigenvalue weighted by Crippen LogP contribution is -2.39. The number of carbonyl (C=O) groups is 1. The monoisotopic (exact) mass is 354 g/mol. The topological polar surface area (TPSA) is 66.8 Å². The van der Waals surface area contributed by atoms with Gasteiger partial charge < -0.3 is 14.9 Å². The van der Waals surface area contributed by atoms with Crippen LogP contribution in [0.25, 0.3) is 0 Å². The average molecular weight is 355 g/mol. The Morgan fingerprint density at radius 3 is 2.60 bits per heavy atom. The molecule has 4 heteroatoms. The molecule has 1 fully saturated rings. The Labute approximate surface area is 153 Å². The van der Waals surface area contributed by atoms with Gasteiger partial charge in [-0.3, -0.25) is 0 Å². The van der Waals surface area contributed by atoms with Crippen LogP contribution in [-0.4, -0.2) is 29.1 Å². The van der Waals surface area contributed by atoms with Crippen LogP contribution in [0.2, 0.25) is 0 Å². The molecule has 4 nitrogen and oxygen atoms in total. The van der Waals surface area contributed by atoms with Crippen molar-refractivity contribution < 1.29 is 19.7 Å². The first kappa shape index (κ1) is 22.2. The van der Waals surface area contributed by atoms with Crippen molar-refractivity contribution in [2.45, 2.75) is 96.2 Å². The van der Waals surface area contributed by atoms with Crippen molar-refractivity contribution in [2.75, 3.05) is 7.11 Å². The summed E-state index contributed by atoms with van der Waals surface area (Å²) in [4.78, 5) is 11.2. The molecule has 146 valence electrons. The summed E-state index contributed by atoms with van der Waals surface area (Å²) in [5.74, 6) is -1.78. The number of unbranched alkanes of at least 4 members (excludes halogenated alkanes) is 6. The van der Waals surface area contributed by atoms with Gasteiger partial charge in [0.25, 0.3) is 5.79 Å². The first-order valence-electron chi connectivity index (χ1n) is 10.2. The Balaban J connectivity index is 2.16. The van der Waals surface area contributed by atoms with Crippen molar-refractivity contribution in [1.29, 1.82) is 0 Å². The van der Waals surface area contributed by atoms with Gasteiger partial charge in [0.2, 0.25) is 0 Å². The molecule has 1 saturated carbocycles. The minimum Gasteiger partial charge on any atom is -0.465 e. The number of ether oxygens (including phenoxy) is 1. The molecule has 0 aliphatic heterocycles. The lowest BCUT2D eigenvalue weighted by atomic mass is 9.90. The number of rotatable bonds is 13. The van der Waals surface area contributed by atoms with Crippen molar-refractivity contribution >= 4 is 5.97 Å². The molecule has 0 aromatic rings. The zero-order chi connectivity index (χ0) is 18.5. The Morgan fingerprint density at radius 2 is 1.88 bits per heavy atom. The Bertz CT molecular complexity index is 389. The first-order chi connectivity index (χ1) is 12.0. The highest BCUT2D eigenvalue weighted by molar-refractivity contribution is 5.76. The summed E-state index contributed by atoms with van der Waals surface area (Å²) in [7, 11) is 1.17. The second-order valence-corrected chi connectivity index (χ2v) is 7.54. The number of allylic oxidation sites excluding steroid dienone is 2. The van der Waals surface area contributed by atoms with Gasteiger partial charge in [0.1, 0.15) is 0 Å². The number of methoxy groups -OCH3 is 1. The molecule has 0 unspecified atom stereocenters. The third-order valence-corrected chi connectivity index (χ3v) is 5.44. The van der Waals surface area contributed by atoms with E-state index in [1.165, 1.54) is 64.9 Å². The predicted molar refractivity (Wildman–Crippen MR) is 101 cm³/mol. The molecule has 0 aromatic heterocycles. The van der Waals surface area contributed by atoms with Crippen LogP contribution in [0.1, 0.15) is 90.4 Å². The molecule has 1 aliphatic carbocycles. The largest absolute Gasteiger partial charge is 0.465 e. The van der Waals surface area contributed by atoms with Crippen molar-refractivity contribution in [3.63, 3.8) is 0 Å². The van der Waals surface area contributed by atoms with Crippen molar-refractivity contribution in [3.05, 3.63) is 12.2 Å². The van der Waals surface area contributed by atoms with Gasteiger partial charge in [0.15, 0.2) is 0 Å². The van der Waals surface area contributed by atoms with Crippen molar-refractivity contribution in [1.82, 2.24) is 0 Å². The summed E-state index contributed by atoms with van der Waals surface area (Å²) in [6, 6.07) is 0. The van der Waals surface area contributed by atoms with E-state index in [0.717, 1.165) is 24.7 Å². The summed E-state index contributed by atoms with van der Waals surface area (Å²) < 4.78 is 4.39. The molecule has 0 radical (unpaired) electrons. The lowest BCUT2D eigenvalue weighted by molar-refractivity contribution is -0.209. The molecule has 0 heterocycles. The van der Waals surface area contributed by atoms with Crippen LogP contribution >= 0.6 is 0 Å². The maximum Gasteiger partial charge on any atom is 0.366 e. The van der Waals surface area contributed by atoms with E-state index in [0.29, 0.717) is 6.42 Å². The molecule has 0 aromatic carbocycles. The number of esters is 1. The standard InChI is InChI=1S/C21H38O4/c1-3-4-5-6-7-9-13-18-15-12-16-19(18)14-10-8-11-17-21(23,24)20(22)25-2/h9,13,18-19,23-24H,3-8,10-12,14-17H2,1-2H3/t18-,19-/m0/s1. The van der Waals surface area contributed by atoms with E-state index >= 15 is 0 Å². The van der Waals surface area contributed by atoms with E-state index in [-0.39, 0.29) is 6.42 Å². The second kappa shape index (κ2) is 12.5. The van der Waals surface area contributed by atoms with Gasteiger partial charge in [-0.05, 0) is 50.4 Å². The Kier molecular flexibility index (Phi) is 11.1. The maximum atomic E-state index is 11.2. The van der Waals surface area contributed by atoms with Crippen molar-refractivity contribution in [2.24, 2.45) is 11.8 Å². The van der Waals surface area contributed by atoms with Crippen LogP contribution in [0.4, 0.5) is 0 Å². The van der Waals surface area contributed by atoms with Gasteiger partial charge in [0.05, 0.1) is 7.11 Å². The molecular formula is C21H38O4. The van der Waals surface area contributed by atoms with Crippen LogP contribution in [0.5, 0.6) is 0 Å². The minimum atomic E-state index is -2.33. The molecule has 1 aliphatic rings. The van der Waals surface area contributed by atoms with E-state index in [1.807, 2.05) is 0 Å². The van der Waals surface area contributed by atoms with Gasteiger partial charge in [-0.1, -0.05) is 57.6 Å². The SMILES string of the molecule is CCCCCCC=C[C@H]1CCC[C@@H]1CCCCCC(O)(O)C(=O)OC. The highest BCUT2D eigenvalue weighted by Crippen LogP contribution is 2.36. The first-order valence-corrected chi connectivity index (χ1v) is 10.2. The van der Waals surface area contributed by atoms with Crippen LogP contribution < -0.4 is 0 Å². The number of aliphatic hydroxyl groups is 2. The third kappa shape index (κ3) is 8.87. The minimum absolute atomic E-state index is 0.0471. The van der Waals surface area contributed by atoms with E-state index in [1.54, 1.807) is 0 Å². The smallest absolute Gasteiger partial charge is 0.366 e. The number of carbonyl (C=O) groups excluding carboxylic acids is 1. The molecule has 2 N–H and O–H groups in total. The highest BCUT2D eigenvalue weighted by atomic mass is 16.6. The summed E-state index contributed by atoms with van der Waals surface area (Å²) in [5.41, 5.74) is 0. The Hall–Kier alpha value is -0.870. The van der Waals surface area contributed by atoms with Gasteiger partial charge >= 0.3 is 5.97 Å². The van der Waals surface area contributed by atoms with Gasteiger partial charge in [-0.25, -0.2) is 4.79 Å². The van der Waals surface area contributed by atoms with E-state index in [2.05, 4.69) is 23.8 Å². The normalized spacial score (nSPS) is 21.1. The second-order valence-electron chi connectivity index (χ2n) is 7.54. The maximum absolute atomic E-state index is 11.2. The van der Waals surface area contributed by atoms with Crippen LogP contribution in [-0.2, 0) is 9.53 Å². The summed E-state index contributed by atoms with van der Waals surface area (Å²) >= 11 is 0. The van der Waals surface area contributed by atoms with Crippen molar-refractivity contribution in [3.8, 4) is 0 Å². The van der Waals surface area contributed by atoms with E-state index in [9.17, 15) is 15.0 Å². The summed E-state index contributed by atoms with van der Waals surface area (Å²) in [5, 5.41) is 19.2. The van der Waals surface area contributed by atoms with Gasteiger partial charge in [0, 0.05) is 6.42 Å². The quantitative estimate of drug-likeness (QED) is 0.217. The van der Waals surface area contributed by atoms with E-state index in [4.69, 9.17) is 0 Å². The zero-order valence-electron chi connectivity index (χ0n) is 16.2. The summed E-state index contributed by atoms with van der Waals surface area (Å²) in [6.45, 7) is 2.25. The highest BCUT2D eigenvalue weighted by Gasteiger charge is 2.33. The average Bonchev–Trinajstić information content (AvgIpc) is 3.04. The third-order valence-electron chi connectivity index (χ3n) is 5.44. The fraction of sp³-hybridized carbons (Fsp3) is 0.857. The molecule has 0 saturated heterocycles. The fourth-order valence-electron chi connectivity index (χ4n) is 3.86. The molecule has 0 amide bonds. The molecule has 1 rings (SSSR count). The lowest BCUT2D eigenvalue weighted by Gasteiger charge is -2.19. The number of hydrogen-bond donors (Lipinski definition) is 2. The van der Waals surface area contributed by atoms with Gasteiger partial charge in [-0.15, -0.1) is 0 Å². The summed E-state index contributed by atoms with van der Waals surface area (Å²) in [6.07, 6.45) is 19.2. The van der Waals surface area contributed by atoms with Crippen LogP contribution in [0, 0.1) is 11.8 Å². The van der Waals surface area contributed by atoms with E-state index < -0.39 is 11.8 Å². The number of hydrogen-bond acceptors (Lipinski definition) is 4. The Morgan fingerprint density at radius 1 is 1.12 bits per heavy atom. The molecule has 0 spiro atoms. The fourth-order valence-corrected chi connectivity index (χ4v) is 3.86. The van der Waals surface area contributed by atoms with Crippen LogP contribution in [0.3, 0.4) is 0 Å². The zero-order valence-corrected chi connectivity index (χ0v) is 16.2. The van der Waals surface area contributed by atoms with Gasteiger partial charge in [-0.2, -0.15) is 0 Å².